The van der Waals surface area contributed by atoms with Crippen molar-refractivity contribution in [1.29, 1.82) is 0 Å². The van der Waals surface area contributed by atoms with Gasteiger partial charge >= 0.3 is 0 Å². The van der Waals surface area contributed by atoms with Gasteiger partial charge in [-0.1, -0.05) is 42.5 Å². The lowest BCUT2D eigenvalue weighted by Crippen LogP contribution is -2.44. The van der Waals surface area contributed by atoms with Gasteiger partial charge in [0.05, 0.1) is 12.6 Å². The molecule has 0 radical (unpaired) electrons. The van der Waals surface area contributed by atoms with Gasteiger partial charge in [-0.05, 0) is 53.4 Å². The maximum atomic E-state index is 13.9. The molecule has 1 aliphatic rings. The number of nitrogens with zero attached hydrogens (tertiary/aromatic N) is 1. The number of H-pyrrole nitrogens is 1. The predicted octanol–water partition coefficient (Wildman–Crippen LogP) is 5.48. The van der Waals surface area contributed by atoms with Crippen LogP contribution in [0.25, 0.3) is 11.3 Å². The number of thiophene rings is 2. The first-order valence-electron chi connectivity index (χ1n) is 11.7. The number of rotatable bonds is 9. The number of benzene rings is 1. The predicted molar refractivity (Wildman–Crippen MR) is 139 cm³/mol. The largest absolute Gasteiger partial charge is 0.376 e. The molecule has 1 fully saturated rings. The van der Waals surface area contributed by atoms with Gasteiger partial charge in [0.1, 0.15) is 11.7 Å². The van der Waals surface area contributed by atoms with Crippen LogP contribution in [-0.2, 0) is 16.1 Å². The molecule has 0 unspecified atom stereocenters. The average molecular weight is 506 g/mol. The Hall–Kier alpha value is -3.20. The molecule has 5 rings (SSSR count). The fraction of sp³-hybridized carbons (Fsp3) is 0.259. The van der Waals surface area contributed by atoms with Crippen molar-refractivity contribution in [2.75, 3.05) is 13.2 Å². The molecule has 4 heterocycles. The molecule has 2 amide bonds. The van der Waals surface area contributed by atoms with Crippen LogP contribution in [0.1, 0.15) is 39.1 Å². The number of hydrogen-bond donors (Lipinski definition) is 2. The molecule has 0 bridgehead atoms. The third-order valence-corrected chi connectivity index (χ3v) is 7.85. The highest BCUT2D eigenvalue weighted by Gasteiger charge is 2.34. The first kappa shape index (κ1) is 23.5. The lowest BCUT2D eigenvalue weighted by molar-refractivity contribution is -0.126. The zero-order valence-corrected chi connectivity index (χ0v) is 20.8. The Balaban J connectivity index is 1.45. The fourth-order valence-electron chi connectivity index (χ4n) is 4.30. The van der Waals surface area contributed by atoms with Gasteiger partial charge in [-0.25, -0.2) is 0 Å². The van der Waals surface area contributed by atoms with Crippen LogP contribution < -0.4 is 5.32 Å². The second kappa shape index (κ2) is 11.0. The zero-order chi connectivity index (χ0) is 24.0. The highest BCUT2D eigenvalue weighted by molar-refractivity contribution is 7.10. The maximum absolute atomic E-state index is 13.9. The minimum atomic E-state index is -0.741. The second-order valence-corrected chi connectivity index (χ2v) is 10.5. The number of amides is 2. The highest BCUT2D eigenvalue weighted by atomic mass is 32.1. The molecule has 1 aliphatic heterocycles. The molecular weight excluding hydrogens is 478 g/mol. The fourth-order valence-corrected chi connectivity index (χ4v) is 5.84. The van der Waals surface area contributed by atoms with Gasteiger partial charge in [-0.3, -0.25) is 9.59 Å². The van der Waals surface area contributed by atoms with Crippen molar-refractivity contribution < 1.29 is 14.3 Å². The van der Waals surface area contributed by atoms with Crippen molar-refractivity contribution in [2.45, 2.75) is 31.5 Å². The SMILES string of the molecule is O=C(NC[C@@H]1CCCO1)[C@H](c1cccs1)N(Cc1cccs1)C(=O)c1ccc(-c2ccccc2)[nH]1. The van der Waals surface area contributed by atoms with Gasteiger partial charge in [0.25, 0.3) is 5.91 Å². The molecule has 6 nitrogen and oxygen atoms in total. The molecule has 2 atom stereocenters. The smallest absolute Gasteiger partial charge is 0.271 e. The number of ether oxygens (including phenoxy) is 1. The molecule has 2 N–H and O–H groups in total. The van der Waals surface area contributed by atoms with Crippen LogP contribution >= 0.6 is 22.7 Å². The van der Waals surface area contributed by atoms with E-state index in [4.69, 9.17) is 4.74 Å². The molecule has 180 valence electrons. The van der Waals surface area contributed by atoms with Crippen LogP contribution in [0, 0.1) is 0 Å². The van der Waals surface area contributed by atoms with Crippen molar-refractivity contribution in [3.8, 4) is 11.3 Å². The van der Waals surface area contributed by atoms with Crippen LogP contribution in [0.5, 0.6) is 0 Å². The summed E-state index contributed by atoms with van der Waals surface area (Å²) in [5.74, 6) is -0.408. The number of aromatic nitrogens is 1. The Morgan fingerprint density at radius 3 is 2.57 bits per heavy atom. The Labute approximate surface area is 212 Å². The standard InChI is InChI=1S/C27H27N3O3S2/c31-26(28-17-20-9-4-14-33-20)25(24-11-6-16-35-24)30(18-21-10-5-15-34-21)27(32)23-13-12-22(29-23)19-7-2-1-3-8-19/h1-3,5-8,10-13,15-16,20,25,29H,4,9,14,17-18H2,(H,28,31)/t20-,25-/m0/s1. The molecule has 0 spiro atoms. The Morgan fingerprint density at radius 2 is 1.86 bits per heavy atom. The monoisotopic (exact) mass is 505 g/mol. The molecule has 1 saturated heterocycles. The topological polar surface area (TPSA) is 74.4 Å². The Kier molecular flexibility index (Phi) is 7.42. The number of aromatic amines is 1. The van der Waals surface area contributed by atoms with Crippen molar-refractivity contribution in [3.05, 3.63) is 92.9 Å². The summed E-state index contributed by atoms with van der Waals surface area (Å²) in [4.78, 5) is 34.3. The second-order valence-electron chi connectivity index (χ2n) is 8.46. The molecule has 0 aliphatic carbocycles. The molecule has 3 aromatic heterocycles. The van der Waals surface area contributed by atoms with Crippen molar-refractivity contribution in [3.63, 3.8) is 0 Å². The van der Waals surface area contributed by atoms with E-state index in [1.165, 1.54) is 11.3 Å². The summed E-state index contributed by atoms with van der Waals surface area (Å²) < 4.78 is 5.69. The van der Waals surface area contributed by atoms with Crippen molar-refractivity contribution in [2.24, 2.45) is 0 Å². The summed E-state index contributed by atoms with van der Waals surface area (Å²) in [7, 11) is 0. The van der Waals surface area contributed by atoms with E-state index in [2.05, 4.69) is 10.3 Å². The molecule has 4 aromatic rings. The van der Waals surface area contributed by atoms with Crippen LogP contribution in [0.15, 0.2) is 77.5 Å². The van der Waals surface area contributed by atoms with E-state index in [-0.39, 0.29) is 17.9 Å². The molecule has 35 heavy (non-hydrogen) atoms. The summed E-state index contributed by atoms with van der Waals surface area (Å²) in [6.45, 7) is 1.52. The van der Waals surface area contributed by atoms with E-state index in [0.717, 1.165) is 40.5 Å². The molecule has 0 saturated carbocycles. The Morgan fingerprint density at radius 1 is 1.03 bits per heavy atom. The highest BCUT2D eigenvalue weighted by Crippen LogP contribution is 2.30. The average Bonchev–Trinajstić information content (AvgIpc) is 3.71. The Bertz CT molecular complexity index is 1230. The van der Waals surface area contributed by atoms with Crippen LogP contribution in [0.4, 0.5) is 0 Å². The van der Waals surface area contributed by atoms with E-state index in [1.54, 1.807) is 22.3 Å². The minimum Gasteiger partial charge on any atom is -0.376 e. The van der Waals surface area contributed by atoms with Gasteiger partial charge in [0.2, 0.25) is 5.91 Å². The number of carbonyl (C=O) groups excluding carboxylic acids is 2. The maximum Gasteiger partial charge on any atom is 0.271 e. The minimum absolute atomic E-state index is 0.0289. The first-order valence-corrected chi connectivity index (χ1v) is 13.5. The lowest BCUT2D eigenvalue weighted by Gasteiger charge is -2.30. The number of hydrogen-bond acceptors (Lipinski definition) is 5. The summed E-state index contributed by atoms with van der Waals surface area (Å²) in [5, 5.41) is 6.97. The quantitative estimate of drug-likeness (QED) is 0.316. The molecule has 8 heteroatoms. The van der Waals surface area contributed by atoms with E-state index >= 15 is 0 Å². The van der Waals surface area contributed by atoms with E-state index < -0.39 is 6.04 Å². The van der Waals surface area contributed by atoms with Gasteiger partial charge in [0, 0.05) is 28.6 Å². The number of nitrogens with one attached hydrogen (secondary N) is 2. The van der Waals surface area contributed by atoms with Gasteiger partial charge in [-0.15, -0.1) is 22.7 Å². The van der Waals surface area contributed by atoms with E-state index in [1.807, 2.05) is 71.4 Å². The van der Waals surface area contributed by atoms with Crippen LogP contribution in [0.3, 0.4) is 0 Å². The lowest BCUT2D eigenvalue weighted by atomic mass is 10.1. The number of carbonyl (C=O) groups is 2. The van der Waals surface area contributed by atoms with Crippen molar-refractivity contribution >= 4 is 34.5 Å². The third-order valence-electron chi connectivity index (χ3n) is 6.07. The van der Waals surface area contributed by atoms with E-state index in [0.29, 0.717) is 18.8 Å². The summed E-state index contributed by atoms with van der Waals surface area (Å²) >= 11 is 3.05. The summed E-state index contributed by atoms with van der Waals surface area (Å²) in [5.41, 5.74) is 2.31. The van der Waals surface area contributed by atoms with Gasteiger partial charge in [0.15, 0.2) is 0 Å². The molecular formula is C27H27N3O3S2. The third kappa shape index (κ3) is 5.56. The summed E-state index contributed by atoms with van der Waals surface area (Å²) in [6, 6.07) is 20.6. The van der Waals surface area contributed by atoms with Crippen molar-refractivity contribution in [1.82, 2.24) is 15.2 Å². The van der Waals surface area contributed by atoms with Gasteiger partial charge < -0.3 is 19.9 Å². The summed E-state index contributed by atoms with van der Waals surface area (Å²) in [6.07, 6.45) is 1.97. The normalized spacial score (nSPS) is 16.2. The van der Waals surface area contributed by atoms with E-state index in [9.17, 15) is 9.59 Å². The zero-order valence-electron chi connectivity index (χ0n) is 19.2. The van der Waals surface area contributed by atoms with Gasteiger partial charge in [-0.2, -0.15) is 0 Å². The van der Waals surface area contributed by atoms with Crippen LogP contribution in [-0.4, -0.2) is 41.0 Å². The molecule has 1 aromatic carbocycles. The first-order chi connectivity index (χ1) is 17.2. The van der Waals surface area contributed by atoms with Crippen LogP contribution in [0.2, 0.25) is 0 Å².